The minimum absolute atomic E-state index is 0.708. The summed E-state index contributed by atoms with van der Waals surface area (Å²) in [6, 6.07) is 14.7. The first kappa shape index (κ1) is 13.8. The molecule has 21 heavy (non-hydrogen) atoms. The summed E-state index contributed by atoms with van der Waals surface area (Å²) in [5.74, 6) is 1.55. The first-order valence-electron chi connectivity index (χ1n) is 6.68. The van der Waals surface area contributed by atoms with Crippen LogP contribution in [0.2, 0.25) is 0 Å². The van der Waals surface area contributed by atoms with Crippen molar-refractivity contribution >= 4 is 38.3 Å². The summed E-state index contributed by atoms with van der Waals surface area (Å²) in [7, 11) is 1.83. The SMILES string of the molecule is CNc1ncnc(NCc2cccc3ccccc23)c1Br. The lowest BCUT2D eigenvalue weighted by molar-refractivity contribution is 1.08. The molecule has 0 unspecified atom stereocenters. The highest BCUT2D eigenvalue weighted by molar-refractivity contribution is 9.10. The van der Waals surface area contributed by atoms with Gasteiger partial charge in [0.1, 0.15) is 22.4 Å². The van der Waals surface area contributed by atoms with Gasteiger partial charge in [0.2, 0.25) is 0 Å². The molecule has 0 fully saturated rings. The number of nitrogens with one attached hydrogen (secondary N) is 2. The Morgan fingerprint density at radius 2 is 1.76 bits per heavy atom. The van der Waals surface area contributed by atoms with E-state index in [1.54, 1.807) is 6.33 Å². The fraction of sp³-hybridized carbons (Fsp3) is 0.125. The van der Waals surface area contributed by atoms with E-state index in [1.807, 2.05) is 7.05 Å². The van der Waals surface area contributed by atoms with E-state index in [1.165, 1.54) is 16.3 Å². The van der Waals surface area contributed by atoms with E-state index in [0.717, 1.165) is 16.1 Å². The van der Waals surface area contributed by atoms with Gasteiger partial charge in [0.25, 0.3) is 0 Å². The molecular formula is C16H15BrN4. The van der Waals surface area contributed by atoms with Crippen molar-refractivity contribution in [1.29, 1.82) is 0 Å². The van der Waals surface area contributed by atoms with Gasteiger partial charge in [0.15, 0.2) is 0 Å². The van der Waals surface area contributed by atoms with Crippen LogP contribution in [0.15, 0.2) is 53.3 Å². The first-order valence-corrected chi connectivity index (χ1v) is 7.47. The standard InChI is InChI=1S/C16H15BrN4/c1-18-15-14(17)16(21-10-20-15)19-9-12-7-4-6-11-5-2-3-8-13(11)12/h2-8,10H,9H2,1H3,(H2,18,19,20,21). The van der Waals surface area contributed by atoms with Crippen molar-refractivity contribution in [1.82, 2.24) is 9.97 Å². The van der Waals surface area contributed by atoms with Crippen molar-refractivity contribution in [2.75, 3.05) is 17.7 Å². The highest BCUT2D eigenvalue weighted by atomic mass is 79.9. The Balaban J connectivity index is 1.87. The molecule has 3 aromatic rings. The number of fused-ring (bicyclic) bond motifs is 1. The second-order valence-corrected chi connectivity index (χ2v) is 5.42. The minimum atomic E-state index is 0.708. The van der Waals surface area contributed by atoms with E-state index < -0.39 is 0 Å². The Morgan fingerprint density at radius 3 is 2.62 bits per heavy atom. The number of hydrogen-bond donors (Lipinski definition) is 2. The summed E-state index contributed by atoms with van der Waals surface area (Å²) in [5.41, 5.74) is 1.24. The van der Waals surface area contributed by atoms with E-state index in [4.69, 9.17) is 0 Å². The van der Waals surface area contributed by atoms with Gasteiger partial charge < -0.3 is 10.6 Å². The van der Waals surface area contributed by atoms with Crippen molar-refractivity contribution in [3.8, 4) is 0 Å². The molecule has 0 atom stereocenters. The third-order valence-electron chi connectivity index (χ3n) is 3.35. The Labute approximate surface area is 131 Å². The third-order valence-corrected chi connectivity index (χ3v) is 4.10. The van der Waals surface area contributed by atoms with Crippen molar-refractivity contribution < 1.29 is 0 Å². The number of halogens is 1. The molecule has 1 heterocycles. The Hall–Kier alpha value is -2.14. The number of nitrogens with zero attached hydrogens (tertiary/aromatic N) is 2. The molecular weight excluding hydrogens is 328 g/mol. The molecule has 2 aromatic carbocycles. The van der Waals surface area contributed by atoms with Gasteiger partial charge in [-0.05, 0) is 32.3 Å². The topological polar surface area (TPSA) is 49.8 Å². The van der Waals surface area contributed by atoms with Crippen LogP contribution in [0.5, 0.6) is 0 Å². The van der Waals surface area contributed by atoms with E-state index in [0.29, 0.717) is 6.54 Å². The number of rotatable bonds is 4. The number of benzene rings is 2. The third kappa shape index (κ3) is 2.83. The molecule has 0 radical (unpaired) electrons. The van der Waals surface area contributed by atoms with Crippen molar-refractivity contribution in [2.24, 2.45) is 0 Å². The van der Waals surface area contributed by atoms with Gasteiger partial charge >= 0.3 is 0 Å². The molecule has 0 saturated carbocycles. The quantitative estimate of drug-likeness (QED) is 0.751. The highest BCUT2D eigenvalue weighted by Crippen LogP contribution is 2.27. The van der Waals surface area contributed by atoms with Crippen LogP contribution in [-0.4, -0.2) is 17.0 Å². The van der Waals surface area contributed by atoms with Gasteiger partial charge in [-0.15, -0.1) is 0 Å². The fourth-order valence-electron chi connectivity index (χ4n) is 2.29. The van der Waals surface area contributed by atoms with Gasteiger partial charge in [0, 0.05) is 13.6 Å². The maximum atomic E-state index is 4.27. The van der Waals surface area contributed by atoms with Gasteiger partial charge in [-0.25, -0.2) is 9.97 Å². The lowest BCUT2D eigenvalue weighted by Crippen LogP contribution is -2.05. The van der Waals surface area contributed by atoms with Crippen LogP contribution < -0.4 is 10.6 Å². The molecule has 106 valence electrons. The summed E-state index contributed by atoms with van der Waals surface area (Å²) < 4.78 is 0.840. The lowest BCUT2D eigenvalue weighted by atomic mass is 10.0. The maximum absolute atomic E-state index is 4.27. The summed E-state index contributed by atoms with van der Waals surface area (Å²) in [6.07, 6.45) is 1.54. The monoisotopic (exact) mass is 342 g/mol. The van der Waals surface area contributed by atoms with Crippen LogP contribution in [0.25, 0.3) is 10.8 Å². The second kappa shape index (κ2) is 6.10. The molecule has 3 rings (SSSR count). The highest BCUT2D eigenvalue weighted by Gasteiger charge is 2.07. The zero-order valence-corrected chi connectivity index (χ0v) is 13.2. The Morgan fingerprint density at radius 1 is 1.00 bits per heavy atom. The zero-order chi connectivity index (χ0) is 14.7. The van der Waals surface area contributed by atoms with Gasteiger partial charge in [-0.3, -0.25) is 0 Å². The van der Waals surface area contributed by atoms with Crippen LogP contribution in [0, 0.1) is 0 Å². The van der Waals surface area contributed by atoms with E-state index in [9.17, 15) is 0 Å². The molecule has 0 aliphatic rings. The van der Waals surface area contributed by atoms with E-state index >= 15 is 0 Å². The molecule has 0 aliphatic heterocycles. The summed E-state index contributed by atoms with van der Waals surface area (Å²) >= 11 is 3.51. The minimum Gasteiger partial charge on any atom is -0.372 e. The normalized spacial score (nSPS) is 10.6. The maximum Gasteiger partial charge on any atom is 0.146 e. The molecule has 0 amide bonds. The number of hydrogen-bond acceptors (Lipinski definition) is 4. The van der Waals surface area contributed by atoms with Gasteiger partial charge in [-0.2, -0.15) is 0 Å². The summed E-state index contributed by atoms with van der Waals surface area (Å²) in [6.45, 7) is 0.708. The van der Waals surface area contributed by atoms with E-state index in [2.05, 4.69) is 79.0 Å². The molecule has 1 aromatic heterocycles. The van der Waals surface area contributed by atoms with E-state index in [-0.39, 0.29) is 0 Å². The van der Waals surface area contributed by atoms with Crippen LogP contribution in [0.3, 0.4) is 0 Å². The average Bonchev–Trinajstić information content (AvgIpc) is 2.54. The largest absolute Gasteiger partial charge is 0.372 e. The fourth-order valence-corrected chi connectivity index (χ4v) is 2.84. The van der Waals surface area contributed by atoms with Crippen LogP contribution in [0.1, 0.15) is 5.56 Å². The Kier molecular flexibility index (Phi) is 4.01. The predicted octanol–water partition coefficient (Wildman–Crippen LogP) is 4.05. The van der Waals surface area contributed by atoms with Crippen LogP contribution in [-0.2, 0) is 6.54 Å². The Bertz CT molecular complexity index is 768. The predicted molar refractivity (Wildman–Crippen MR) is 90.6 cm³/mol. The first-order chi connectivity index (χ1) is 10.3. The van der Waals surface area contributed by atoms with Gasteiger partial charge in [0.05, 0.1) is 0 Å². The van der Waals surface area contributed by atoms with Gasteiger partial charge in [-0.1, -0.05) is 42.5 Å². The molecule has 5 heteroatoms. The zero-order valence-electron chi connectivity index (χ0n) is 11.6. The molecule has 2 N–H and O–H groups in total. The van der Waals surface area contributed by atoms with Crippen LogP contribution >= 0.6 is 15.9 Å². The molecule has 0 spiro atoms. The van der Waals surface area contributed by atoms with Crippen molar-refractivity contribution in [3.63, 3.8) is 0 Å². The summed E-state index contributed by atoms with van der Waals surface area (Å²) in [4.78, 5) is 8.43. The number of aromatic nitrogens is 2. The molecule has 0 saturated heterocycles. The lowest BCUT2D eigenvalue weighted by Gasteiger charge is -2.11. The molecule has 0 aliphatic carbocycles. The van der Waals surface area contributed by atoms with Crippen molar-refractivity contribution in [2.45, 2.75) is 6.54 Å². The smallest absolute Gasteiger partial charge is 0.146 e. The number of anilines is 2. The van der Waals surface area contributed by atoms with Crippen molar-refractivity contribution in [3.05, 3.63) is 58.8 Å². The average molecular weight is 343 g/mol. The molecule has 0 bridgehead atoms. The summed E-state index contributed by atoms with van der Waals surface area (Å²) in [5, 5.41) is 8.88. The second-order valence-electron chi connectivity index (χ2n) is 4.63. The molecule has 4 nitrogen and oxygen atoms in total. The van der Waals surface area contributed by atoms with Crippen LogP contribution in [0.4, 0.5) is 11.6 Å².